The number of pyridine rings is 1. The number of fused-ring (bicyclic) bond motifs is 1. The molecule has 0 bridgehead atoms. The van der Waals surface area contributed by atoms with Gasteiger partial charge in [-0.2, -0.15) is 0 Å². The van der Waals surface area contributed by atoms with Crippen LogP contribution < -0.4 is 5.56 Å². The molecule has 1 amide bonds. The van der Waals surface area contributed by atoms with Gasteiger partial charge in [-0.05, 0) is 24.4 Å². The lowest BCUT2D eigenvalue weighted by Crippen LogP contribution is -2.38. The van der Waals surface area contributed by atoms with E-state index in [2.05, 4.69) is 4.98 Å². The molecule has 0 radical (unpaired) electrons. The molecule has 5 heteroatoms. The van der Waals surface area contributed by atoms with E-state index in [1.165, 1.54) is 4.90 Å². The Morgan fingerprint density at radius 2 is 2.11 bits per heavy atom. The first kappa shape index (κ1) is 13.3. The Morgan fingerprint density at radius 3 is 2.79 bits per heavy atom. The van der Waals surface area contributed by atoms with Crippen molar-refractivity contribution < 1.29 is 9.90 Å². The fraction of sp³-hybridized carbons (Fsp3) is 0.286. The van der Waals surface area contributed by atoms with Gasteiger partial charge in [0.05, 0.1) is 12.6 Å². The van der Waals surface area contributed by atoms with Crippen molar-refractivity contribution in [2.45, 2.75) is 13.0 Å². The molecule has 5 nitrogen and oxygen atoms in total. The molecule has 2 rings (SSSR count). The van der Waals surface area contributed by atoms with Crippen LogP contribution in [-0.2, 0) is 0 Å². The number of nitrogens with zero attached hydrogens (tertiary/aromatic N) is 1. The number of nitrogens with one attached hydrogen (secondary N) is 1. The highest BCUT2D eigenvalue weighted by Gasteiger charge is 2.18. The lowest BCUT2D eigenvalue weighted by atomic mass is 10.1. The van der Waals surface area contributed by atoms with E-state index >= 15 is 0 Å². The van der Waals surface area contributed by atoms with E-state index in [0.29, 0.717) is 5.39 Å². The number of likely N-dealkylation sites (N-methyl/N-ethyl adjacent to an activating group) is 1. The molecule has 1 aromatic heterocycles. The minimum absolute atomic E-state index is 0.125. The third-order valence-corrected chi connectivity index (χ3v) is 3.23. The van der Waals surface area contributed by atoms with Crippen molar-refractivity contribution in [1.29, 1.82) is 0 Å². The van der Waals surface area contributed by atoms with E-state index in [4.69, 9.17) is 5.11 Å². The quantitative estimate of drug-likeness (QED) is 0.864. The van der Waals surface area contributed by atoms with Gasteiger partial charge in [-0.15, -0.1) is 0 Å². The van der Waals surface area contributed by atoms with Gasteiger partial charge in [-0.25, -0.2) is 0 Å². The molecule has 0 aliphatic rings. The lowest BCUT2D eigenvalue weighted by Gasteiger charge is -2.23. The molecule has 1 heterocycles. The van der Waals surface area contributed by atoms with Crippen molar-refractivity contribution in [3.63, 3.8) is 0 Å². The van der Waals surface area contributed by atoms with Gasteiger partial charge in [0.25, 0.3) is 11.5 Å². The first-order valence-electron chi connectivity index (χ1n) is 6.04. The second-order valence-corrected chi connectivity index (χ2v) is 4.55. The number of amides is 1. The van der Waals surface area contributed by atoms with Crippen molar-refractivity contribution in [2.75, 3.05) is 13.7 Å². The first-order chi connectivity index (χ1) is 9.04. The molecule has 0 aliphatic heterocycles. The van der Waals surface area contributed by atoms with Crippen LogP contribution in [-0.4, -0.2) is 40.6 Å². The summed E-state index contributed by atoms with van der Waals surface area (Å²) < 4.78 is 0. The van der Waals surface area contributed by atoms with Gasteiger partial charge in [-0.1, -0.05) is 18.2 Å². The molecule has 0 aliphatic carbocycles. The molecule has 1 unspecified atom stereocenters. The fourth-order valence-corrected chi connectivity index (χ4v) is 1.84. The van der Waals surface area contributed by atoms with Crippen LogP contribution in [0.25, 0.3) is 10.8 Å². The Hall–Kier alpha value is -2.14. The summed E-state index contributed by atoms with van der Waals surface area (Å²) in [5, 5.41) is 10.3. The number of H-pyrrole nitrogens is 1. The number of hydrogen-bond donors (Lipinski definition) is 2. The highest BCUT2D eigenvalue weighted by atomic mass is 16.3. The van der Waals surface area contributed by atoms with E-state index in [1.54, 1.807) is 38.2 Å². The van der Waals surface area contributed by atoms with E-state index in [0.717, 1.165) is 5.39 Å². The Bertz CT molecular complexity index is 663. The van der Waals surface area contributed by atoms with Crippen LogP contribution in [0.3, 0.4) is 0 Å². The molecule has 0 saturated carbocycles. The van der Waals surface area contributed by atoms with Crippen molar-refractivity contribution in [2.24, 2.45) is 0 Å². The summed E-state index contributed by atoms with van der Waals surface area (Å²) in [7, 11) is 1.59. The number of aliphatic hydroxyl groups is 1. The average molecular weight is 260 g/mol. The largest absolute Gasteiger partial charge is 0.394 e. The van der Waals surface area contributed by atoms with E-state index in [-0.39, 0.29) is 29.8 Å². The van der Waals surface area contributed by atoms with Gasteiger partial charge in [0.2, 0.25) is 0 Å². The summed E-state index contributed by atoms with van der Waals surface area (Å²) in [4.78, 5) is 28.1. The van der Waals surface area contributed by atoms with Gasteiger partial charge in [-0.3, -0.25) is 9.59 Å². The Labute approximate surface area is 110 Å². The van der Waals surface area contributed by atoms with Gasteiger partial charge < -0.3 is 15.0 Å². The molecule has 2 aromatic rings. The smallest absolute Gasteiger partial charge is 0.270 e. The molecule has 1 atom stereocenters. The van der Waals surface area contributed by atoms with Crippen molar-refractivity contribution in [3.05, 3.63) is 46.4 Å². The van der Waals surface area contributed by atoms with Gasteiger partial charge in [0.15, 0.2) is 0 Å². The average Bonchev–Trinajstić information content (AvgIpc) is 2.44. The molecule has 0 saturated heterocycles. The van der Waals surface area contributed by atoms with Crippen LogP contribution in [0.4, 0.5) is 0 Å². The number of rotatable bonds is 3. The van der Waals surface area contributed by atoms with Crippen LogP contribution in [0.15, 0.2) is 35.1 Å². The maximum Gasteiger partial charge on any atom is 0.270 e. The number of aliphatic hydroxyl groups excluding tert-OH is 1. The van der Waals surface area contributed by atoms with Crippen molar-refractivity contribution >= 4 is 16.7 Å². The van der Waals surface area contributed by atoms with E-state index in [9.17, 15) is 9.59 Å². The number of benzene rings is 1. The second kappa shape index (κ2) is 5.24. The van der Waals surface area contributed by atoms with E-state index < -0.39 is 0 Å². The summed E-state index contributed by atoms with van der Waals surface area (Å²) in [6.45, 7) is 1.61. The zero-order valence-corrected chi connectivity index (χ0v) is 10.9. The summed E-state index contributed by atoms with van der Waals surface area (Å²) in [5.41, 5.74) is -0.0574. The van der Waals surface area contributed by atoms with Crippen LogP contribution in [0, 0.1) is 0 Å². The zero-order valence-electron chi connectivity index (χ0n) is 10.9. The van der Waals surface area contributed by atoms with Crippen LogP contribution in [0.5, 0.6) is 0 Å². The topological polar surface area (TPSA) is 73.4 Å². The lowest BCUT2D eigenvalue weighted by molar-refractivity contribution is 0.0676. The number of aromatic nitrogens is 1. The van der Waals surface area contributed by atoms with Gasteiger partial charge in [0.1, 0.15) is 5.69 Å². The number of carbonyl (C=O) groups is 1. The molecular formula is C14H16N2O3. The second-order valence-electron chi connectivity index (χ2n) is 4.55. The Kier molecular flexibility index (Phi) is 3.66. The summed E-state index contributed by atoms with van der Waals surface area (Å²) in [5.74, 6) is -0.315. The standard InChI is InChI=1S/C14H16N2O3/c1-9(8-17)16(2)14(19)12-7-10-5-3-4-6-11(10)13(18)15-12/h3-7,9,17H,8H2,1-2H3,(H,15,18). The SMILES string of the molecule is CC(CO)N(C)C(=O)c1cc2ccccc2c(=O)[nH]1. The third kappa shape index (κ3) is 2.51. The molecule has 19 heavy (non-hydrogen) atoms. The normalized spacial score (nSPS) is 12.4. The molecule has 1 aromatic carbocycles. The highest BCUT2D eigenvalue weighted by Crippen LogP contribution is 2.11. The predicted molar refractivity (Wildman–Crippen MR) is 73.2 cm³/mol. The summed E-state index contributed by atoms with van der Waals surface area (Å²) >= 11 is 0. The minimum Gasteiger partial charge on any atom is -0.394 e. The number of carbonyl (C=O) groups excluding carboxylic acids is 1. The number of hydrogen-bond acceptors (Lipinski definition) is 3. The van der Waals surface area contributed by atoms with Gasteiger partial charge in [0, 0.05) is 12.4 Å². The molecule has 100 valence electrons. The fourth-order valence-electron chi connectivity index (χ4n) is 1.84. The maximum atomic E-state index is 12.2. The molecule has 2 N–H and O–H groups in total. The zero-order chi connectivity index (χ0) is 14.0. The van der Waals surface area contributed by atoms with Crippen LogP contribution in [0.1, 0.15) is 17.4 Å². The van der Waals surface area contributed by atoms with Crippen molar-refractivity contribution in [1.82, 2.24) is 9.88 Å². The first-order valence-corrected chi connectivity index (χ1v) is 6.04. The maximum absolute atomic E-state index is 12.2. The Balaban J connectivity index is 2.46. The van der Waals surface area contributed by atoms with Crippen molar-refractivity contribution in [3.8, 4) is 0 Å². The summed E-state index contributed by atoms with van der Waals surface area (Å²) in [6, 6.07) is 8.44. The molecule has 0 spiro atoms. The minimum atomic E-state index is -0.315. The molecular weight excluding hydrogens is 244 g/mol. The summed E-state index contributed by atoms with van der Waals surface area (Å²) in [6.07, 6.45) is 0. The Morgan fingerprint density at radius 1 is 1.42 bits per heavy atom. The van der Waals surface area contributed by atoms with Gasteiger partial charge >= 0.3 is 0 Å². The predicted octanol–water partition coefficient (Wildman–Crippen LogP) is 0.981. The third-order valence-electron chi connectivity index (χ3n) is 3.23. The monoisotopic (exact) mass is 260 g/mol. The van der Waals surface area contributed by atoms with Crippen LogP contribution >= 0.6 is 0 Å². The molecule has 0 fully saturated rings. The highest BCUT2D eigenvalue weighted by molar-refractivity contribution is 5.96. The van der Waals surface area contributed by atoms with Crippen LogP contribution in [0.2, 0.25) is 0 Å². The number of aromatic amines is 1. The van der Waals surface area contributed by atoms with E-state index in [1.807, 2.05) is 6.07 Å².